The SMILES string of the molecule is C=C(O)c1c(-c2ccc(Cl)cc2Cl)csc1NC(=O)/C=C/C=C(Cl)\C=C(/C)Cl. The van der Waals surface area contributed by atoms with Gasteiger partial charge in [0.15, 0.2) is 0 Å². The number of thiophene rings is 1. The average Bonchev–Trinajstić information content (AvgIpc) is 2.97. The Balaban J connectivity index is 2.28. The van der Waals surface area contributed by atoms with Gasteiger partial charge in [0.1, 0.15) is 10.8 Å². The Kier molecular flexibility index (Phi) is 8.23. The first kappa shape index (κ1) is 22.6. The predicted molar refractivity (Wildman–Crippen MR) is 123 cm³/mol. The minimum atomic E-state index is -0.398. The van der Waals surface area contributed by atoms with Gasteiger partial charge in [-0.25, -0.2) is 0 Å². The Labute approximate surface area is 187 Å². The van der Waals surface area contributed by atoms with Crippen LogP contribution in [0, 0.1) is 0 Å². The van der Waals surface area contributed by atoms with Crippen LogP contribution in [0.4, 0.5) is 5.00 Å². The quantitative estimate of drug-likeness (QED) is 0.253. The molecule has 0 fully saturated rings. The van der Waals surface area contributed by atoms with E-state index >= 15 is 0 Å². The fraction of sp³-hybridized carbons (Fsp3) is 0.0500. The largest absolute Gasteiger partial charge is 0.508 e. The van der Waals surface area contributed by atoms with Crippen LogP contribution in [0.2, 0.25) is 10.0 Å². The summed E-state index contributed by atoms with van der Waals surface area (Å²) in [6.45, 7) is 5.28. The van der Waals surface area contributed by atoms with Crippen molar-refractivity contribution in [1.82, 2.24) is 0 Å². The van der Waals surface area contributed by atoms with Crippen molar-refractivity contribution in [2.24, 2.45) is 0 Å². The second-order valence-corrected chi connectivity index (χ2v) is 8.31. The fourth-order valence-corrected chi connectivity index (χ4v) is 4.17. The minimum absolute atomic E-state index is 0.188. The van der Waals surface area contributed by atoms with E-state index in [2.05, 4.69) is 11.9 Å². The number of hydrogen-bond donors (Lipinski definition) is 2. The van der Waals surface area contributed by atoms with Crippen LogP contribution in [0.15, 0.2) is 64.5 Å². The number of aliphatic hydroxyl groups excluding tert-OH is 1. The summed E-state index contributed by atoms with van der Waals surface area (Å²) < 4.78 is 0. The van der Waals surface area contributed by atoms with Crippen molar-refractivity contribution in [1.29, 1.82) is 0 Å². The lowest BCUT2D eigenvalue weighted by atomic mass is 10.0. The average molecular weight is 475 g/mol. The molecule has 0 aliphatic rings. The van der Waals surface area contributed by atoms with Gasteiger partial charge in [0, 0.05) is 42.7 Å². The van der Waals surface area contributed by atoms with E-state index in [1.807, 2.05) is 0 Å². The Morgan fingerprint density at radius 2 is 1.96 bits per heavy atom. The Hall–Kier alpha value is -1.69. The summed E-state index contributed by atoms with van der Waals surface area (Å²) in [4.78, 5) is 12.2. The van der Waals surface area contributed by atoms with Crippen LogP contribution < -0.4 is 5.32 Å². The molecule has 146 valence electrons. The summed E-state index contributed by atoms with van der Waals surface area (Å²) in [6.07, 6.45) is 5.89. The number of allylic oxidation sites excluding steroid dienone is 5. The second kappa shape index (κ2) is 10.2. The summed E-state index contributed by atoms with van der Waals surface area (Å²) >= 11 is 25.1. The highest BCUT2D eigenvalue weighted by atomic mass is 35.5. The van der Waals surface area contributed by atoms with Crippen molar-refractivity contribution in [3.05, 3.63) is 80.1 Å². The Morgan fingerprint density at radius 3 is 2.57 bits per heavy atom. The van der Waals surface area contributed by atoms with E-state index in [-0.39, 0.29) is 5.76 Å². The van der Waals surface area contributed by atoms with Gasteiger partial charge in [-0.1, -0.05) is 65.1 Å². The number of halogens is 4. The number of rotatable bonds is 6. The molecule has 2 aromatic rings. The van der Waals surface area contributed by atoms with Crippen LogP contribution in [-0.4, -0.2) is 11.0 Å². The van der Waals surface area contributed by atoms with E-state index in [0.29, 0.717) is 41.8 Å². The monoisotopic (exact) mass is 473 g/mol. The van der Waals surface area contributed by atoms with Crippen molar-refractivity contribution in [2.45, 2.75) is 6.92 Å². The van der Waals surface area contributed by atoms with Crippen molar-refractivity contribution < 1.29 is 9.90 Å². The molecule has 1 amide bonds. The lowest BCUT2D eigenvalue weighted by molar-refractivity contribution is -0.111. The molecule has 3 nitrogen and oxygen atoms in total. The number of nitrogens with one attached hydrogen (secondary N) is 1. The molecule has 0 saturated carbocycles. The van der Waals surface area contributed by atoms with Crippen LogP contribution in [0.5, 0.6) is 0 Å². The summed E-state index contributed by atoms with van der Waals surface area (Å²) in [5, 5.41) is 16.8. The van der Waals surface area contributed by atoms with E-state index in [4.69, 9.17) is 46.4 Å². The molecule has 0 unspecified atom stereocenters. The highest BCUT2D eigenvalue weighted by Gasteiger charge is 2.18. The van der Waals surface area contributed by atoms with Crippen LogP contribution in [0.1, 0.15) is 12.5 Å². The Morgan fingerprint density at radius 1 is 1.25 bits per heavy atom. The highest BCUT2D eigenvalue weighted by Crippen LogP contribution is 2.41. The molecule has 1 aromatic carbocycles. The smallest absolute Gasteiger partial charge is 0.248 e. The number of carbonyl (C=O) groups excluding carboxylic acids is 1. The molecular weight excluding hydrogens is 460 g/mol. The van der Waals surface area contributed by atoms with Crippen LogP contribution in [0.3, 0.4) is 0 Å². The first-order chi connectivity index (χ1) is 13.2. The molecule has 0 aliphatic heterocycles. The van der Waals surface area contributed by atoms with Gasteiger partial charge in [-0.15, -0.1) is 11.3 Å². The maximum absolute atomic E-state index is 12.2. The van der Waals surface area contributed by atoms with Gasteiger partial charge in [-0.2, -0.15) is 0 Å². The second-order valence-electron chi connectivity index (χ2n) is 5.56. The van der Waals surface area contributed by atoms with Gasteiger partial charge in [0.05, 0.1) is 5.56 Å². The van der Waals surface area contributed by atoms with Gasteiger partial charge in [0.25, 0.3) is 0 Å². The van der Waals surface area contributed by atoms with Gasteiger partial charge < -0.3 is 10.4 Å². The Bertz CT molecular complexity index is 1000. The molecule has 8 heteroatoms. The summed E-state index contributed by atoms with van der Waals surface area (Å²) in [6, 6.07) is 5.04. The summed E-state index contributed by atoms with van der Waals surface area (Å²) in [5.74, 6) is -0.586. The molecule has 0 atom stereocenters. The number of carbonyl (C=O) groups is 1. The lowest BCUT2D eigenvalue weighted by Gasteiger charge is -2.08. The number of anilines is 1. The summed E-state index contributed by atoms with van der Waals surface area (Å²) in [7, 11) is 0. The molecule has 1 heterocycles. The first-order valence-electron chi connectivity index (χ1n) is 7.83. The topological polar surface area (TPSA) is 49.3 Å². The van der Waals surface area contributed by atoms with Gasteiger partial charge >= 0.3 is 0 Å². The van der Waals surface area contributed by atoms with Gasteiger partial charge in [-0.3, -0.25) is 4.79 Å². The van der Waals surface area contributed by atoms with Gasteiger partial charge in [0.2, 0.25) is 5.91 Å². The lowest BCUT2D eigenvalue weighted by Crippen LogP contribution is -2.08. The highest BCUT2D eigenvalue weighted by molar-refractivity contribution is 7.15. The molecule has 0 radical (unpaired) electrons. The van der Waals surface area contributed by atoms with E-state index in [1.165, 1.54) is 29.6 Å². The standard InChI is InChI=1S/C20H15Cl4NO2S/c1-11(21)8-13(22)4-3-5-18(27)25-20-19(12(2)26)16(10-28-20)15-7-6-14(23)9-17(15)24/h3-10,26H,2H2,1H3,(H,25,27)/b5-3+,11-8+,13-4+. The minimum Gasteiger partial charge on any atom is -0.508 e. The molecule has 2 rings (SSSR count). The molecular formula is C20H15Cl4NO2S. The predicted octanol–water partition coefficient (Wildman–Crippen LogP) is 8.01. The molecule has 1 aromatic heterocycles. The number of hydrogen-bond acceptors (Lipinski definition) is 3. The van der Waals surface area contributed by atoms with Crippen molar-refractivity contribution in [2.75, 3.05) is 5.32 Å². The number of amides is 1. The maximum Gasteiger partial charge on any atom is 0.248 e. The van der Waals surface area contributed by atoms with E-state index in [0.717, 1.165) is 0 Å². The molecule has 0 saturated heterocycles. The van der Waals surface area contributed by atoms with Crippen molar-refractivity contribution >= 4 is 74.4 Å². The third-order valence-electron chi connectivity index (χ3n) is 3.38. The van der Waals surface area contributed by atoms with Crippen molar-refractivity contribution in [3.63, 3.8) is 0 Å². The molecule has 0 bridgehead atoms. The first-order valence-corrected chi connectivity index (χ1v) is 10.2. The van der Waals surface area contributed by atoms with Gasteiger partial charge in [-0.05, 0) is 31.2 Å². The third-order valence-corrected chi connectivity index (χ3v) is 5.16. The molecule has 0 aliphatic carbocycles. The zero-order chi connectivity index (χ0) is 20.8. The van der Waals surface area contributed by atoms with E-state index < -0.39 is 5.91 Å². The van der Waals surface area contributed by atoms with Crippen LogP contribution in [-0.2, 0) is 4.79 Å². The van der Waals surface area contributed by atoms with E-state index in [9.17, 15) is 9.90 Å². The molecule has 0 spiro atoms. The number of aliphatic hydroxyl groups is 1. The zero-order valence-electron chi connectivity index (χ0n) is 14.6. The third kappa shape index (κ3) is 6.16. The van der Waals surface area contributed by atoms with Crippen molar-refractivity contribution in [3.8, 4) is 11.1 Å². The van der Waals surface area contributed by atoms with E-state index in [1.54, 1.807) is 36.6 Å². The number of benzene rings is 1. The summed E-state index contributed by atoms with van der Waals surface area (Å²) in [5.41, 5.74) is 1.70. The fourth-order valence-electron chi connectivity index (χ4n) is 2.26. The zero-order valence-corrected chi connectivity index (χ0v) is 18.4. The molecule has 28 heavy (non-hydrogen) atoms. The van der Waals surface area contributed by atoms with Crippen LogP contribution >= 0.6 is 57.7 Å². The molecule has 2 N–H and O–H groups in total. The normalized spacial score (nSPS) is 12.5. The van der Waals surface area contributed by atoms with Crippen LogP contribution in [0.25, 0.3) is 16.9 Å². The maximum atomic E-state index is 12.2.